The Morgan fingerprint density at radius 2 is 1.81 bits per heavy atom. The Balaban J connectivity index is 2.03. The van der Waals surface area contributed by atoms with Crippen LogP contribution in [0.2, 0.25) is 0 Å². The normalized spacial score (nSPS) is 11.4. The molecule has 0 bridgehead atoms. The molecule has 2 N–H and O–H groups in total. The van der Waals surface area contributed by atoms with Gasteiger partial charge in [0.2, 0.25) is 5.75 Å². The summed E-state index contributed by atoms with van der Waals surface area (Å²) in [6.07, 6.45) is 0. The zero-order valence-electron chi connectivity index (χ0n) is 15.3. The fourth-order valence-corrected chi connectivity index (χ4v) is 2.58. The van der Waals surface area contributed by atoms with Crippen molar-refractivity contribution in [3.63, 3.8) is 0 Å². The Kier molecular flexibility index (Phi) is 6.66. The molecule has 0 saturated heterocycles. The molecule has 0 aliphatic carbocycles. The first-order chi connectivity index (χ1) is 12.5. The Morgan fingerprint density at radius 3 is 2.42 bits per heavy atom. The number of hydrogen-bond donors (Lipinski definition) is 2. The molecular formula is C19H23FN2O4. The predicted octanol–water partition coefficient (Wildman–Crippen LogP) is 3.41. The minimum atomic E-state index is -0.376. The summed E-state index contributed by atoms with van der Waals surface area (Å²) in [6.45, 7) is 2.01. The summed E-state index contributed by atoms with van der Waals surface area (Å²) in [5.74, 6) is 1.15. The van der Waals surface area contributed by atoms with E-state index in [1.54, 1.807) is 31.2 Å². The number of carbonyl (C=O) groups excluding carboxylic acids is 1. The number of nitrogens with one attached hydrogen (secondary N) is 2. The van der Waals surface area contributed by atoms with Crippen LogP contribution in [0.5, 0.6) is 17.2 Å². The Hall–Kier alpha value is -2.96. The van der Waals surface area contributed by atoms with Crippen LogP contribution in [0.3, 0.4) is 0 Å². The molecule has 0 aliphatic heterocycles. The van der Waals surface area contributed by atoms with E-state index in [-0.39, 0.29) is 24.4 Å². The molecule has 2 amide bonds. The Labute approximate surface area is 152 Å². The lowest BCUT2D eigenvalue weighted by molar-refractivity contribution is 0.237. The lowest BCUT2D eigenvalue weighted by Gasteiger charge is -2.18. The number of benzene rings is 2. The van der Waals surface area contributed by atoms with Gasteiger partial charge in [-0.1, -0.05) is 12.1 Å². The summed E-state index contributed by atoms with van der Waals surface area (Å²) < 4.78 is 29.2. The third kappa shape index (κ3) is 4.56. The number of amides is 2. The molecule has 2 aromatic rings. The minimum absolute atomic E-state index is 0.227. The highest BCUT2D eigenvalue weighted by Gasteiger charge is 2.17. The van der Waals surface area contributed by atoms with Crippen LogP contribution in [0.15, 0.2) is 36.4 Å². The number of urea groups is 1. The van der Waals surface area contributed by atoms with Crippen LogP contribution >= 0.6 is 0 Å². The fourth-order valence-electron chi connectivity index (χ4n) is 2.58. The topological polar surface area (TPSA) is 68.8 Å². The lowest BCUT2D eigenvalue weighted by Crippen LogP contribution is -2.36. The van der Waals surface area contributed by atoms with Gasteiger partial charge in [0.1, 0.15) is 5.82 Å². The maximum atomic E-state index is 13.3. The summed E-state index contributed by atoms with van der Waals surface area (Å²) in [6, 6.07) is 8.93. The van der Waals surface area contributed by atoms with Crippen molar-refractivity contribution in [2.24, 2.45) is 0 Å². The minimum Gasteiger partial charge on any atom is -0.493 e. The summed E-state index contributed by atoms with van der Waals surface area (Å²) >= 11 is 0. The van der Waals surface area contributed by atoms with Gasteiger partial charge < -0.3 is 24.8 Å². The second-order valence-corrected chi connectivity index (χ2v) is 5.60. The molecule has 1 atom stereocenters. The zero-order valence-corrected chi connectivity index (χ0v) is 15.3. The van der Waals surface area contributed by atoms with E-state index in [4.69, 9.17) is 14.2 Å². The molecule has 0 saturated carbocycles. The van der Waals surface area contributed by atoms with Gasteiger partial charge >= 0.3 is 6.03 Å². The van der Waals surface area contributed by atoms with E-state index in [0.29, 0.717) is 22.8 Å². The molecule has 2 rings (SSSR count). The van der Waals surface area contributed by atoms with Crippen LogP contribution in [-0.2, 0) is 6.54 Å². The van der Waals surface area contributed by atoms with Crippen molar-refractivity contribution in [3.05, 3.63) is 53.3 Å². The summed E-state index contributed by atoms with van der Waals surface area (Å²) in [5, 5.41) is 5.53. The number of rotatable bonds is 7. The Morgan fingerprint density at radius 1 is 1.08 bits per heavy atom. The standard InChI is InChI=1S/C19H23FN2O4/c1-12(13-6-5-7-15(20)10-13)22-19(23)21-11-14-8-9-16(24-2)18(26-4)17(14)25-3/h5-10,12H,11H2,1-4H3,(H2,21,22,23)/t12-/m0/s1. The number of carbonyl (C=O) groups is 1. The largest absolute Gasteiger partial charge is 0.493 e. The first kappa shape index (κ1) is 19.4. The summed E-state index contributed by atoms with van der Waals surface area (Å²) in [7, 11) is 4.58. The zero-order chi connectivity index (χ0) is 19.1. The third-order valence-corrected chi connectivity index (χ3v) is 3.92. The maximum Gasteiger partial charge on any atom is 0.315 e. The average Bonchev–Trinajstić information content (AvgIpc) is 2.65. The molecule has 0 radical (unpaired) electrons. The van der Waals surface area contributed by atoms with E-state index >= 15 is 0 Å². The van der Waals surface area contributed by atoms with Gasteiger partial charge in [0, 0.05) is 12.1 Å². The quantitative estimate of drug-likeness (QED) is 0.792. The summed E-state index contributed by atoms with van der Waals surface area (Å²) in [5.41, 5.74) is 1.42. The van der Waals surface area contributed by atoms with E-state index in [1.165, 1.54) is 33.5 Å². The number of hydrogen-bond acceptors (Lipinski definition) is 4. The first-order valence-corrected chi connectivity index (χ1v) is 8.07. The second kappa shape index (κ2) is 8.94. The van der Waals surface area contributed by atoms with Crippen molar-refractivity contribution in [2.75, 3.05) is 21.3 Å². The van der Waals surface area contributed by atoms with Crippen molar-refractivity contribution < 1.29 is 23.4 Å². The monoisotopic (exact) mass is 362 g/mol. The molecule has 26 heavy (non-hydrogen) atoms. The molecule has 0 fully saturated rings. The van der Waals surface area contributed by atoms with Crippen molar-refractivity contribution in [1.29, 1.82) is 0 Å². The number of methoxy groups -OCH3 is 3. The Bertz CT molecular complexity index is 767. The van der Waals surface area contributed by atoms with Crippen LogP contribution in [0.1, 0.15) is 24.1 Å². The van der Waals surface area contributed by atoms with Gasteiger partial charge in [-0.2, -0.15) is 0 Å². The van der Waals surface area contributed by atoms with Crippen LogP contribution < -0.4 is 24.8 Å². The maximum absolute atomic E-state index is 13.3. The highest BCUT2D eigenvalue weighted by molar-refractivity contribution is 5.74. The molecule has 6 nitrogen and oxygen atoms in total. The van der Waals surface area contributed by atoms with E-state index in [9.17, 15) is 9.18 Å². The molecule has 0 spiro atoms. The SMILES string of the molecule is COc1ccc(CNC(=O)N[C@@H](C)c2cccc(F)c2)c(OC)c1OC. The van der Waals surface area contributed by atoms with E-state index in [2.05, 4.69) is 10.6 Å². The molecular weight excluding hydrogens is 339 g/mol. The van der Waals surface area contributed by atoms with Crippen LogP contribution in [0.4, 0.5) is 9.18 Å². The van der Waals surface area contributed by atoms with E-state index < -0.39 is 0 Å². The van der Waals surface area contributed by atoms with Gasteiger partial charge in [0.15, 0.2) is 11.5 Å². The molecule has 7 heteroatoms. The molecule has 140 valence electrons. The first-order valence-electron chi connectivity index (χ1n) is 8.07. The van der Waals surface area contributed by atoms with Gasteiger partial charge in [-0.05, 0) is 36.8 Å². The van der Waals surface area contributed by atoms with Crippen molar-refractivity contribution >= 4 is 6.03 Å². The molecule has 0 aromatic heterocycles. The second-order valence-electron chi connectivity index (χ2n) is 5.60. The van der Waals surface area contributed by atoms with E-state index in [1.807, 2.05) is 0 Å². The number of ether oxygens (including phenoxy) is 3. The number of halogens is 1. The highest BCUT2D eigenvalue weighted by Crippen LogP contribution is 2.39. The van der Waals surface area contributed by atoms with Gasteiger partial charge in [0.25, 0.3) is 0 Å². The fraction of sp³-hybridized carbons (Fsp3) is 0.316. The predicted molar refractivity (Wildman–Crippen MR) is 96.3 cm³/mol. The van der Waals surface area contributed by atoms with Crippen molar-refractivity contribution in [3.8, 4) is 17.2 Å². The van der Waals surface area contributed by atoms with Gasteiger partial charge in [-0.3, -0.25) is 0 Å². The van der Waals surface area contributed by atoms with Crippen molar-refractivity contribution in [1.82, 2.24) is 10.6 Å². The molecule has 2 aromatic carbocycles. The van der Waals surface area contributed by atoms with Crippen LogP contribution in [0, 0.1) is 5.82 Å². The van der Waals surface area contributed by atoms with Gasteiger partial charge in [-0.15, -0.1) is 0 Å². The van der Waals surface area contributed by atoms with Crippen LogP contribution in [-0.4, -0.2) is 27.4 Å². The summed E-state index contributed by atoms with van der Waals surface area (Å²) in [4.78, 5) is 12.1. The lowest BCUT2D eigenvalue weighted by atomic mass is 10.1. The molecule has 0 unspecified atom stereocenters. The molecule has 0 heterocycles. The highest BCUT2D eigenvalue weighted by atomic mass is 19.1. The third-order valence-electron chi connectivity index (χ3n) is 3.92. The van der Waals surface area contributed by atoms with Gasteiger partial charge in [0.05, 0.1) is 27.4 Å². The van der Waals surface area contributed by atoms with Crippen LogP contribution in [0.25, 0.3) is 0 Å². The van der Waals surface area contributed by atoms with E-state index in [0.717, 1.165) is 5.56 Å². The van der Waals surface area contributed by atoms with Crippen molar-refractivity contribution in [2.45, 2.75) is 19.5 Å². The average molecular weight is 362 g/mol. The molecule has 0 aliphatic rings. The van der Waals surface area contributed by atoms with Gasteiger partial charge in [-0.25, -0.2) is 9.18 Å². The smallest absolute Gasteiger partial charge is 0.315 e.